The molecule has 0 N–H and O–H groups in total. The monoisotopic (exact) mass is 266 g/mol. The molecule has 0 saturated carbocycles. The lowest BCUT2D eigenvalue weighted by atomic mass is 10.1. The van der Waals surface area contributed by atoms with Gasteiger partial charge in [-0.1, -0.05) is 23.7 Å². The summed E-state index contributed by atoms with van der Waals surface area (Å²) in [5, 5.41) is 0.620. The summed E-state index contributed by atoms with van der Waals surface area (Å²) in [5.74, 6) is -0.0422. The molecule has 1 aliphatic rings. The summed E-state index contributed by atoms with van der Waals surface area (Å²) in [6.45, 7) is 1.37. The zero-order valence-corrected chi connectivity index (χ0v) is 11.0. The quantitative estimate of drug-likeness (QED) is 0.807. The lowest BCUT2D eigenvalue weighted by Crippen LogP contribution is -2.51. The van der Waals surface area contributed by atoms with E-state index in [-0.39, 0.29) is 24.8 Å². The predicted molar refractivity (Wildman–Crippen MR) is 69.4 cm³/mol. The van der Waals surface area contributed by atoms with Gasteiger partial charge >= 0.3 is 0 Å². The standard InChI is InChI=1S/C13H15ClN2O2/c1-15-5-6-16(9-13(15)18)12(17)8-10-3-2-4-11(14)7-10/h2-4,7H,5-6,8-9H2,1H3. The first-order valence-corrected chi connectivity index (χ1v) is 6.20. The van der Waals surface area contributed by atoms with Gasteiger partial charge in [0.2, 0.25) is 11.8 Å². The minimum Gasteiger partial charge on any atom is -0.342 e. The van der Waals surface area contributed by atoms with E-state index in [0.29, 0.717) is 18.1 Å². The predicted octanol–water partition coefficient (Wildman–Crippen LogP) is 1.18. The van der Waals surface area contributed by atoms with Crippen LogP contribution in [0.4, 0.5) is 0 Å². The number of piperazine rings is 1. The highest BCUT2D eigenvalue weighted by Gasteiger charge is 2.24. The van der Waals surface area contributed by atoms with Crippen LogP contribution in [0.2, 0.25) is 5.02 Å². The minimum atomic E-state index is -0.0290. The second-order valence-corrected chi connectivity index (χ2v) is 4.87. The largest absolute Gasteiger partial charge is 0.342 e. The fraction of sp³-hybridized carbons (Fsp3) is 0.385. The molecule has 1 aromatic carbocycles. The first-order chi connectivity index (χ1) is 8.56. The van der Waals surface area contributed by atoms with Gasteiger partial charge in [-0.3, -0.25) is 9.59 Å². The molecule has 5 heteroatoms. The van der Waals surface area contributed by atoms with E-state index in [1.807, 2.05) is 12.1 Å². The van der Waals surface area contributed by atoms with Crippen LogP contribution < -0.4 is 0 Å². The second-order valence-electron chi connectivity index (χ2n) is 4.44. The van der Waals surface area contributed by atoms with Gasteiger partial charge < -0.3 is 9.80 Å². The Balaban J connectivity index is 1.98. The highest BCUT2D eigenvalue weighted by Crippen LogP contribution is 2.12. The third kappa shape index (κ3) is 3.01. The maximum absolute atomic E-state index is 12.0. The normalized spacial score (nSPS) is 16.0. The number of likely N-dealkylation sites (N-methyl/N-ethyl adjacent to an activating group) is 1. The molecule has 0 radical (unpaired) electrons. The molecule has 0 aromatic heterocycles. The smallest absolute Gasteiger partial charge is 0.241 e. The molecule has 1 aromatic rings. The Bertz CT molecular complexity index is 476. The molecule has 1 saturated heterocycles. The molecule has 0 atom stereocenters. The number of carbonyl (C=O) groups is 2. The number of amides is 2. The molecule has 1 heterocycles. The third-order valence-electron chi connectivity index (χ3n) is 3.05. The zero-order chi connectivity index (χ0) is 13.1. The summed E-state index contributed by atoms with van der Waals surface area (Å²) in [4.78, 5) is 26.8. The fourth-order valence-corrected chi connectivity index (χ4v) is 2.12. The topological polar surface area (TPSA) is 40.6 Å². The molecule has 1 fully saturated rings. The van der Waals surface area contributed by atoms with Crippen molar-refractivity contribution in [3.63, 3.8) is 0 Å². The summed E-state index contributed by atoms with van der Waals surface area (Å²) < 4.78 is 0. The van der Waals surface area contributed by atoms with Gasteiger partial charge in [-0.05, 0) is 17.7 Å². The average molecular weight is 267 g/mol. The number of nitrogens with zero attached hydrogens (tertiary/aromatic N) is 2. The minimum absolute atomic E-state index is 0.0132. The Morgan fingerprint density at radius 1 is 1.39 bits per heavy atom. The van der Waals surface area contributed by atoms with Gasteiger partial charge in [-0.15, -0.1) is 0 Å². The van der Waals surface area contributed by atoms with Crippen LogP contribution in [0.1, 0.15) is 5.56 Å². The molecule has 2 amide bonds. The van der Waals surface area contributed by atoms with E-state index in [4.69, 9.17) is 11.6 Å². The molecule has 1 aliphatic heterocycles. The van der Waals surface area contributed by atoms with Gasteiger partial charge in [-0.2, -0.15) is 0 Å². The number of carbonyl (C=O) groups excluding carboxylic acids is 2. The molecular formula is C13H15ClN2O2. The number of halogens is 1. The first-order valence-electron chi connectivity index (χ1n) is 5.82. The van der Waals surface area contributed by atoms with Gasteiger partial charge in [-0.25, -0.2) is 0 Å². The lowest BCUT2D eigenvalue weighted by molar-refractivity contribution is -0.143. The Labute approximate surface area is 111 Å². The van der Waals surface area contributed by atoms with Crippen molar-refractivity contribution < 1.29 is 9.59 Å². The maximum Gasteiger partial charge on any atom is 0.241 e. The van der Waals surface area contributed by atoms with Crippen LogP contribution in [0, 0.1) is 0 Å². The van der Waals surface area contributed by atoms with Crippen LogP contribution in [-0.4, -0.2) is 48.3 Å². The van der Waals surface area contributed by atoms with E-state index in [1.165, 1.54) is 0 Å². The Morgan fingerprint density at radius 3 is 2.83 bits per heavy atom. The van der Waals surface area contributed by atoms with Crippen molar-refractivity contribution in [1.82, 2.24) is 9.80 Å². The summed E-state index contributed by atoms with van der Waals surface area (Å²) >= 11 is 5.87. The highest BCUT2D eigenvalue weighted by molar-refractivity contribution is 6.30. The van der Waals surface area contributed by atoms with Crippen LogP contribution in [0.5, 0.6) is 0 Å². The van der Waals surface area contributed by atoms with Crippen molar-refractivity contribution in [2.75, 3.05) is 26.7 Å². The van der Waals surface area contributed by atoms with Crippen molar-refractivity contribution in [2.45, 2.75) is 6.42 Å². The number of benzene rings is 1. The molecule has 0 bridgehead atoms. The van der Waals surface area contributed by atoms with Crippen molar-refractivity contribution in [3.8, 4) is 0 Å². The van der Waals surface area contributed by atoms with E-state index >= 15 is 0 Å². The summed E-state index contributed by atoms with van der Waals surface area (Å²) in [7, 11) is 1.75. The van der Waals surface area contributed by atoms with E-state index in [0.717, 1.165) is 5.56 Å². The van der Waals surface area contributed by atoms with Crippen LogP contribution in [-0.2, 0) is 16.0 Å². The summed E-state index contributed by atoms with van der Waals surface area (Å²) in [6, 6.07) is 7.23. The Kier molecular flexibility index (Phi) is 3.87. The number of rotatable bonds is 2. The van der Waals surface area contributed by atoms with E-state index in [1.54, 1.807) is 29.0 Å². The van der Waals surface area contributed by atoms with Gasteiger partial charge in [0.05, 0.1) is 13.0 Å². The number of hydrogen-bond donors (Lipinski definition) is 0. The molecule has 2 rings (SSSR count). The molecule has 0 aliphatic carbocycles. The number of hydrogen-bond acceptors (Lipinski definition) is 2. The molecule has 0 spiro atoms. The Hall–Kier alpha value is -1.55. The summed E-state index contributed by atoms with van der Waals surface area (Å²) in [5.41, 5.74) is 0.874. The van der Waals surface area contributed by atoms with Crippen molar-refractivity contribution >= 4 is 23.4 Å². The molecule has 4 nitrogen and oxygen atoms in total. The zero-order valence-electron chi connectivity index (χ0n) is 10.2. The molecular weight excluding hydrogens is 252 g/mol. The van der Waals surface area contributed by atoms with Crippen molar-refractivity contribution in [1.29, 1.82) is 0 Å². The van der Waals surface area contributed by atoms with E-state index < -0.39 is 0 Å². The van der Waals surface area contributed by atoms with Gasteiger partial charge in [0, 0.05) is 25.2 Å². The third-order valence-corrected chi connectivity index (χ3v) is 3.29. The van der Waals surface area contributed by atoms with Gasteiger partial charge in [0.15, 0.2) is 0 Å². The molecule has 0 unspecified atom stereocenters. The average Bonchev–Trinajstić information content (AvgIpc) is 2.32. The fourth-order valence-electron chi connectivity index (χ4n) is 1.90. The SMILES string of the molecule is CN1CCN(C(=O)Cc2cccc(Cl)c2)CC1=O. The van der Waals surface area contributed by atoms with Crippen LogP contribution in [0.3, 0.4) is 0 Å². The first kappa shape index (κ1) is 12.9. The van der Waals surface area contributed by atoms with Crippen molar-refractivity contribution in [2.24, 2.45) is 0 Å². The highest BCUT2D eigenvalue weighted by atomic mass is 35.5. The summed E-state index contributed by atoms with van der Waals surface area (Å²) in [6.07, 6.45) is 0.289. The van der Waals surface area contributed by atoms with Crippen molar-refractivity contribution in [3.05, 3.63) is 34.9 Å². The molecule has 18 heavy (non-hydrogen) atoms. The van der Waals surface area contributed by atoms with E-state index in [2.05, 4.69) is 0 Å². The lowest BCUT2D eigenvalue weighted by Gasteiger charge is -2.32. The van der Waals surface area contributed by atoms with Gasteiger partial charge in [0.1, 0.15) is 0 Å². The van der Waals surface area contributed by atoms with Crippen LogP contribution in [0.15, 0.2) is 24.3 Å². The maximum atomic E-state index is 12.0. The van der Waals surface area contributed by atoms with Crippen LogP contribution >= 0.6 is 11.6 Å². The van der Waals surface area contributed by atoms with Gasteiger partial charge in [0.25, 0.3) is 0 Å². The second kappa shape index (κ2) is 5.40. The van der Waals surface area contributed by atoms with Crippen LogP contribution in [0.25, 0.3) is 0 Å². The van der Waals surface area contributed by atoms with E-state index in [9.17, 15) is 9.59 Å². The molecule has 96 valence electrons. The Morgan fingerprint density at radius 2 is 2.17 bits per heavy atom.